The van der Waals surface area contributed by atoms with Crippen molar-refractivity contribution in [3.8, 4) is 0 Å². The lowest BCUT2D eigenvalue weighted by atomic mass is 9.93. The first-order chi connectivity index (χ1) is 16.8. The van der Waals surface area contributed by atoms with Gasteiger partial charge in [0.25, 0.3) is 5.91 Å². The maximum atomic E-state index is 14.8. The Labute approximate surface area is 210 Å². The van der Waals surface area contributed by atoms with Gasteiger partial charge in [-0.25, -0.2) is 8.78 Å². The van der Waals surface area contributed by atoms with Gasteiger partial charge < -0.3 is 15.3 Å². The first kappa shape index (κ1) is 27.4. The average Bonchev–Trinajstić information content (AvgIpc) is 2.75. The molecule has 2 heterocycles. The molecule has 36 heavy (non-hydrogen) atoms. The Kier molecular flexibility index (Phi) is 8.28. The highest BCUT2D eigenvalue weighted by atomic mass is 28.3. The molecule has 0 saturated carbocycles. The Hall–Kier alpha value is -3.14. The second kappa shape index (κ2) is 10.9. The molecule has 10 heteroatoms. The van der Waals surface area contributed by atoms with Crippen LogP contribution in [0.2, 0.25) is 19.6 Å². The molecule has 1 aliphatic rings. The molecule has 0 spiro atoms. The van der Waals surface area contributed by atoms with E-state index in [2.05, 4.69) is 10.3 Å². The minimum Gasteiger partial charge on any atom is -0.481 e. The van der Waals surface area contributed by atoms with E-state index in [-0.39, 0.29) is 48.5 Å². The van der Waals surface area contributed by atoms with Gasteiger partial charge in [-0.2, -0.15) is 0 Å². The number of nitrogens with one attached hydrogen (secondary N) is 1. The molecular weight excluding hydrogens is 484 g/mol. The van der Waals surface area contributed by atoms with Crippen LogP contribution < -0.4 is 10.5 Å². The van der Waals surface area contributed by atoms with Crippen molar-refractivity contribution < 1.29 is 28.3 Å². The van der Waals surface area contributed by atoms with Gasteiger partial charge in [0.1, 0.15) is 17.7 Å². The maximum absolute atomic E-state index is 14.8. The van der Waals surface area contributed by atoms with E-state index < -0.39 is 37.6 Å². The Morgan fingerprint density at radius 2 is 1.78 bits per heavy atom. The number of benzene rings is 1. The fourth-order valence-corrected chi connectivity index (χ4v) is 6.06. The number of amides is 2. The summed E-state index contributed by atoms with van der Waals surface area (Å²) in [6, 6.07) is 4.75. The molecule has 0 radical (unpaired) electrons. The maximum Gasteiger partial charge on any atom is 0.303 e. The van der Waals surface area contributed by atoms with E-state index in [1.165, 1.54) is 4.90 Å². The fraction of sp³-hybridized carbons (Fsp3) is 0.462. The van der Waals surface area contributed by atoms with Gasteiger partial charge in [-0.05, 0) is 30.5 Å². The van der Waals surface area contributed by atoms with Gasteiger partial charge >= 0.3 is 5.97 Å². The molecule has 0 unspecified atom stereocenters. The Morgan fingerprint density at radius 3 is 2.33 bits per heavy atom. The van der Waals surface area contributed by atoms with E-state index in [1.54, 1.807) is 6.07 Å². The number of hydrogen-bond acceptors (Lipinski definition) is 4. The number of fused-ring (bicyclic) bond motifs is 1. The van der Waals surface area contributed by atoms with E-state index in [9.17, 15) is 23.2 Å². The monoisotopic (exact) mass is 517 g/mol. The van der Waals surface area contributed by atoms with Crippen LogP contribution in [0.25, 0.3) is 0 Å². The summed E-state index contributed by atoms with van der Waals surface area (Å²) in [6.45, 7) is 9.73. The number of carbonyl (C=O) groups is 3. The molecule has 1 aromatic heterocycles. The van der Waals surface area contributed by atoms with Crippen molar-refractivity contribution >= 4 is 36.7 Å². The van der Waals surface area contributed by atoms with Crippen LogP contribution in [-0.4, -0.2) is 47.4 Å². The number of anilines is 1. The van der Waals surface area contributed by atoms with Gasteiger partial charge in [-0.15, -0.1) is 0 Å². The van der Waals surface area contributed by atoms with Crippen molar-refractivity contribution in [1.82, 2.24) is 9.88 Å². The molecule has 0 fully saturated rings. The molecule has 7 nitrogen and oxygen atoms in total. The first-order valence-electron chi connectivity index (χ1n) is 12.1. The lowest BCUT2D eigenvalue weighted by Gasteiger charge is -2.36. The number of hydrogen-bond donors (Lipinski definition) is 2. The lowest BCUT2D eigenvalue weighted by molar-refractivity contribution is -0.140. The number of halogens is 2. The Bertz CT molecular complexity index is 1160. The third kappa shape index (κ3) is 6.15. The highest BCUT2D eigenvalue weighted by molar-refractivity contribution is 6.88. The van der Waals surface area contributed by atoms with Crippen molar-refractivity contribution in [3.63, 3.8) is 0 Å². The van der Waals surface area contributed by atoms with E-state index in [4.69, 9.17) is 5.11 Å². The second-order valence-corrected chi connectivity index (χ2v) is 15.5. The zero-order chi connectivity index (χ0) is 26.8. The third-order valence-corrected chi connectivity index (χ3v) is 8.21. The number of nitrogens with zero attached hydrogens (tertiary/aromatic N) is 2. The highest BCUT2D eigenvalue weighted by Gasteiger charge is 2.37. The zero-order valence-corrected chi connectivity index (χ0v) is 22.3. The minimum atomic E-state index is -2.29. The number of carbonyl (C=O) groups excluding carboxylic acids is 2. The van der Waals surface area contributed by atoms with Crippen molar-refractivity contribution in [2.45, 2.75) is 71.1 Å². The third-order valence-electron chi connectivity index (χ3n) is 6.23. The van der Waals surface area contributed by atoms with E-state index in [0.29, 0.717) is 17.7 Å². The van der Waals surface area contributed by atoms with Gasteiger partial charge in [-0.1, -0.05) is 39.6 Å². The van der Waals surface area contributed by atoms with Gasteiger partial charge in [0.15, 0.2) is 0 Å². The number of pyridine rings is 1. The number of rotatable bonds is 8. The smallest absolute Gasteiger partial charge is 0.303 e. The molecule has 2 aromatic rings. The Morgan fingerprint density at radius 1 is 1.14 bits per heavy atom. The van der Waals surface area contributed by atoms with Crippen LogP contribution in [0, 0.1) is 11.6 Å². The van der Waals surface area contributed by atoms with Crippen LogP contribution in [0.1, 0.15) is 62.0 Å². The SMILES string of the molecule is CC(C)c1ccc2c(n1)CCN(C(=O)CCCC(=O)O)[C@H]2C(=O)Nc1cc(F)c([Si](C)(C)C)c(F)c1. The molecule has 1 aromatic carbocycles. The highest BCUT2D eigenvalue weighted by Crippen LogP contribution is 2.32. The fourth-order valence-electron chi connectivity index (χ4n) is 4.48. The average molecular weight is 518 g/mol. The van der Waals surface area contributed by atoms with Crippen molar-refractivity contribution in [2.75, 3.05) is 11.9 Å². The van der Waals surface area contributed by atoms with Crippen LogP contribution in [0.5, 0.6) is 0 Å². The number of aromatic nitrogens is 1. The Balaban J connectivity index is 1.95. The number of carboxylic acids is 1. The van der Waals surface area contributed by atoms with E-state index >= 15 is 0 Å². The minimum absolute atomic E-state index is 0.0307. The first-order valence-corrected chi connectivity index (χ1v) is 15.6. The lowest BCUT2D eigenvalue weighted by Crippen LogP contribution is -2.46. The quantitative estimate of drug-likeness (QED) is 0.507. The van der Waals surface area contributed by atoms with E-state index in [0.717, 1.165) is 17.8 Å². The molecule has 0 saturated heterocycles. The van der Waals surface area contributed by atoms with Crippen molar-refractivity contribution in [2.24, 2.45) is 0 Å². The van der Waals surface area contributed by atoms with Crippen molar-refractivity contribution in [1.29, 1.82) is 0 Å². The van der Waals surface area contributed by atoms with E-state index in [1.807, 2.05) is 39.6 Å². The van der Waals surface area contributed by atoms with Gasteiger partial charge in [0.2, 0.25) is 5.91 Å². The van der Waals surface area contributed by atoms with Crippen molar-refractivity contribution in [3.05, 3.63) is 52.9 Å². The normalized spacial score (nSPS) is 15.6. The van der Waals surface area contributed by atoms with Crippen LogP contribution in [0.3, 0.4) is 0 Å². The summed E-state index contributed by atoms with van der Waals surface area (Å²) in [6.07, 6.45) is 0.398. The zero-order valence-electron chi connectivity index (χ0n) is 21.3. The summed E-state index contributed by atoms with van der Waals surface area (Å²) in [5.41, 5.74) is 2.08. The number of aliphatic carboxylic acids is 1. The standard InChI is InChI=1S/C26H33F2N3O4Si/c1-15(2)20-10-9-17-21(30-20)11-12-31(22(32)7-6-8-23(33)34)24(17)26(35)29-16-13-18(27)25(19(28)14-16)36(3,4)5/h9-10,13-15,24H,6-8,11-12H2,1-5H3,(H,29,35)(H,33,34)/t24-/m1/s1. The summed E-state index contributed by atoms with van der Waals surface area (Å²) in [7, 11) is -2.29. The molecule has 194 valence electrons. The summed E-state index contributed by atoms with van der Waals surface area (Å²) in [4.78, 5) is 43.5. The second-order valence-electron chi connectivity index (χ2n) is 10.5. The molecule has 2 N–H and O–H groups in total. The van der Waals surface area contributed by atoms with Gasteiger partial charge in [0.05, 0.1) is 8.07 Å². The number of carboxylic acid groups (broad SMARTS) is 1. The predicted molar refractivity (Wildman–Crippen MR) is 136 cm³/mol. The molecule has 1 atom stereocenters. The summed E-state index contributed by atoms with van der Waals surface area (Å²) in [5.74, 6) is -3.22. The largest absolute Gasteiger partial charge is 0.481 e. The van der Waals surface area contributed by atoms with Crippen LogP contribution in [-0.2, 0) is 20.8 Å². The van der Waals surface area contributed by atoms with Crippen LogP contribution in [0.15, 0.2) is 24.3 Å². The summed E-state index contributed by atoms with van der Waals surface area (Å²) in [5, 5.41) is 11.5. The van der Waals surface area contributed by atoms with Gasteiger partial charge in [0, 0.05) is 53.6 Å². The molecule has 2 amide bonds. The van der Waals surface area contributed by atoms with Crippen LogP contribution >= 0.6 is 0 Å². The predicted octanol–water partition coefficient (Wildman–Crippen LogP) is 4.35. The molecule has 3 rings (SSSR count). The summed E-state index contributed by atoms with van der Waals surface area (Å²) >= 11 is 0. The molecule has 0 aliphatic carbocycles. The topological polar surface area (TPSA) is 99.6 Å². The molecule has 1 aliphatic heterocycles. The van der Waals surface area contributed by atoms with Gasteiger partial charge in [-0.3, -0.25) is 19.4 Å². The summed E-state index contributed by atoms with van der Waals surface area (Å²) < 4.78 is 29.6. The molecular formula is C26H33F2N3O4Si. The van der Waals surface area contributed by atoms with Crippen LogP contribution in [0.4, 0.5) is 14.5 Å². The molecule has 0 bridgehead atoms.